The SMILES string of the molecule is COc1ccccc1C1(C(=O)N2CCN(c3ccc(F)cc3)CC2)CCOCC1. The van der Waals surface area contributed by atoms with Crippen LogP contribution in [0.1, 0.15) is 18.4 Å². The standard InChI is InChI=1S/C23H27FN2O3/c1-28-21-5-3-2-4-20(21)23(10-16-29-17-11-23)22(27)26-14-12-25(13-15-26)19-8-6-18(24)7-9-19/h2-9H,10-17H2,1H3. The second-order valence-electron chi connectivity index (χ2n) is 7.65. The second kappa shape index (κ2) is 8.41. The summed E-state index contributed by atoms with van der Waals surface area (Å²) in [6, 6.07) is 14.4. The minimum atomic E-state index is -0.608. The van der Waals surface area contributed by atoms with E-state index in [1.165, 1.54) is 12.1 Å². The van der Waals surface area contributed by atoms with Crippen LogP contribution in [0.3, 0.4) is 0 Å². The number of carbonyl (C=O) groups excluding carboxylic acids is 1. The first-order chi connectivity index (χ1) is 14.1. The van der Waals surface area contributed by atoms with E-state index < -0.39 is 5.41 Å². The summed E-state index contributed by atoms with van der Waals surface area (Å²) in [6.07, 6.45) is 1.31. The molecule has 2 saturated heterocycles. The van der Waals surface area contributed by atoms with E-state index in [-0.39, 0.29) is 11.7 Å². The zero-order valence-corrected chi connectivity index (χ0v) is 16.8. The Morgan fingerprint density at radius 3 is 2.31 bits per heavy atom. The minimum absolute atomic E-state index is 0.157. The zero-order valence-electron chi connectivity index (χ0n) is 16.8. The lowest BCUT2D eigenvalue weighted by molar-refractivity contribution is -0.141. The van der Waals surface area contributed by atoms with Gasteiger partial charge in [-0.15, -0.1) is 0 Å². The summed E-state index contributed by atoms with van der Waals surface area (Å²) >= 11 is 0. The molecule has 0 atom stereocenters. The van der Waals surface area contributed by atoms with Crippen LogP contribution < -0.4 is 9.64 Å². The topological polar surface area (TPSA) is 42.0 Å². The number of nitrogens with zero attached hydrogens (tertiary/aromatic N) is 2. The molecule has 0 spiro atoms. The number of hydrogen-bond donors (Lipinski definition) is 0. The lowest BCUT2D eigenvalue weighted by Gasteiger charge is -2.43. The van der Waals surface area contributed by atoms with Crippen molar-refractivity contribution in [3.8, 4) is 5.75 Å². The molecule has 2 aliphatic heterocycles. The highest BCUT2D eigenvalue weighted by molar-refractivity contribution is 5.89. The molecule has 2 fully saturated rings. The smallest absolute Gasteiger partial charge is 0.233 e. The molecule has 5 nitrogen and oxygen atoms in total. The van der Waals surface area contributed by atoms with Crippen LogP contribution >= 0.6 is 0 Å². The maximum atomic E-state index is 13.8. The highest BCUT2D eigenvalue weighted by atomic mass is 19.1. The quantitative estimate of drug-likeness (QED) is 0.793. The first-order valence-electron chi connectivity index (χ1n) is 10.2. The summed E-state index contributed by atoms with van der Waals surface area (Å²) in [5.41, 5.74) is 1.34. The Bertz CT molecular complexity index is 841. The van der Waals surface area contributed by atoms with Crippen LogP contribution in [-0.2, 0) is 14.9 Å². The molecule has 0 N–H and O–H groups in total. The first kappa shape index (κ1) is 19.7. The van der Waals surface area contributed by atoms with Crippen molar-refractivity contribution in [2.75, 3.05) is 51.4 Å². The van der Waals surface area contributed by atoms with Crippen molar-refractivity contribution in [1.29, 1.82) is 0 Å². The second-order valence-corrected chi connectivity index (χ2v) is 7.65. The van der Waals surface area contributed by atoms with Gasteiger partial charge in [0.25, 0.3) is 0 Å². The normalized spacial score (nSPS) is 19.1. The van der Waals surface area contributed by atoms with E-state index >= 15 is 0 Å². The maximum absolute atomic E-state index is 13.8. The molecule has 1 amide bonds. The molecule has 154 valence electrons. The molecule has 0 radical (unpaired) electrons. The largest absolute Gasteiger partial charge is 0.496 e. The minimum Gasteiger partial charge on any atom is -0.496 e. The average Bonchev–Trinajstić information content (AvgIpc) is 2.79. The van der Waals surface area contributed by atoms with Gasteiger partial charge in [-0.2, -0.15) is 0 Å². The monoisotopic (exact) mass is 398 g/mol. The van der Waals surface area contributed by atoms with Crippen molar-refractivity contribution < 1.29 is 18.7 Å². The summed E-state index contributed by atoms with van der Waals surface area (Å²) < 4.78 is 24.4. The third-order valence-electron chi connectivity index (χ3n) is 6.14. The fraction of sp³-hybridized carbons (Fsp3) is 0.435. The van der Waals surface area contributed by atoms with Gasteiger partial charge in [0, 0.05) is 50.6 Å². The van der Waals surface area contributed by atoms with Gasteiger partial charge in [-0.1, -0.05) is 18.2 Å². The van der Waals surface area contributed by atoms with Crippen molar-refractivity contribution in [3.63, 3.8) is 0 Å². The zero-order chi connectivity index (χ0) is 20.3. The average molecular weight is 398 g/mol. The lowest BCUT2D eigenvalue weighted by Crippen LogP contribution is -2.56. The van der Waals surface area contributed by atoms with Crippen LogP contribution in [0.25, 0.3) is 0 Å². The molecule has 0 bridgehead atoms. The van der Waals surface area contributed by atoms with E-state index in [1.54, 1.807) is 19.2 Å². The summed E-state index contributed by atoms with van der Waals surface area (Å²) in [6.45, 7) is 3.90. The highest BCUT2D eigenvalue weighted by Gasteiger charge is 2.46. The Morgan fingerprint density at radius 2 is 1.66 bits per heavy atom. The number of ether oxygens (including phenoxy) is 2. The molecule has 0 aromatic heterocycles. The molecule has 2 heterocycles. The van der Waals surface area contributed by atoms with E-state index in [9.17, 15) is 9.18 Å². The summed E-state index contributed by atoms with van der Waals surface area (Å²) in [4.78, 5) is 17.9. The van der Waals surface area contributed by atoms with E-state index in [0.29, 0.717) is 39.1 Å². The van der Waals surface area contributed by atoms with Gasteiger partial charge in [0.1, 0.15) is 11.6 Å². The van der Waals surface area contributed by atoms with Crippen molar-refractivity contribution in [3.05, 3.63) is 59.9 Å². The van der Waals surface area contributed by atoms with Crippen molar-refractivity contribution in [2.45, 2.75) is 18.3 Å². The maximum Gasteiger partial charge on any atom is 0.233 e. The predicted octanol–water partition coefficient (Wildman–Crippen LogP) is 3.23. The lowest BCUT2D eigenvalue weighted by atomic mass is 9.72. The Hall–Kier alpha value is -2.60. The van der Waals surface area contributed by atoms with Crippen LogP contribution in [-0.4, -0.2) is 57.3 Å². The highest BCUT2D eigenvalue weighted by Crippen LogP contribution is 2.41. The number of benzene rings is 2. The van der Waals surface area contributed by atoms with Crippen LogP contribution in [0, 0.1) is 5.82 Å². The molecule has 4 rings (SSSR count). The molecule has 2 aliphatic rings. The van der Waals surface area contributed by atoms with E-state index in [1.807, 2.05) is 29.2 Å². The fourth-order valence-electron chi connectivity index (χ4n) is 4.48. The fourth-order valence-corrected chi connectivity index (χ4v) is 4.48. The number of amides is 1. The molecule has 0 unspecified atom stereocenters. The molecule has 0 aliphatic carbocycles. The Morgan fingerprint density at radius 1 is 1.00 bits per heavy atom. The van der Waals surface area contributed by atoms with Gasteiger partial charge in [0.05, 0.1) is 12.5 Å². The van der Waals surface area contributed by atoms with Gasteiger partial charge in [0.2, 0.25) is 5.91 Å². The summed E-state index contributed by atoms with van der Waals surface area (Å²) in [5, 5.41) is 0. The van der Waals surface area contributed by atoms with Gasteiger partial charge in [-0.05, 0) is 43.2 Å². The van der Waals surface area contributed by atoms with Gasteiger partial charge >= 0.3 is 0 Å². The third kappa shape index (κ3) is 3.81. The number of anilines is 1. The van der Waals surface area contributed by atoms with Crippen LogP contribution in [0.15, 0.2) is 48.5 Å². The van der Waals surface area contributed by atoms with Crippen LogP contribution in [0.2, 0.25) is 0 Å². The summed E-state index contributed by atoms with van der Waals surface area (Å²) in [7, 11) is 1.65. The Kier molecular flexibility index (Phi) is 5.72. The number of halogens is 1. The van der Waals surface area contributed by atoms with Crippen molar-refractivity contribution in [1.82, 2.24) is 4.90 Å². The molecular formula is C23H27FN2O3. The van der Waals surface area contributed by atoms with Gasteiger partial charge in [-0.3, -0.25) is 4.79 Å². The number of hydrogen-bond acceptors (Lipinski definition) is 4. The van der Waals surface area contributed by atoms with Crippen molar-refractivity contribution >= 4 is 11.6 Å². The van der Waals surface area contributed by atoms with Crippen LogP contribution in [0.4, 0.5) is 10.1 Å². The van der Waals surface area contributed by atoms with Gasteiger partial charge in [-0.25, -0.2) is 4.39 Å². The first-order valence-corrected chi connectivity index (χ1v) is 10.2. The number of rotatable bonds is 4. The molecule has 29 heavy (non-hydrogen) atoms. The molecule has 0 saturated carbocycles. The number of methoxy groups -OCH3 is 1. The Balaban J connectivity index is 1.54. The molecule has 6 heteroatoms. The van der Waals surface area contributed by atoms with E-state index in [0.717, 1.165) is 30.1 Å². The van der Waals surface area contributed by atoms with Crippen molar-refractivity contribution in [2.24, 2.45) is 0 Å². The molecule has 2 aromatic carbocycles. The third-order valence-corrected chi connectivity index (χ3v) is 6.14. The summed E-state index contributed by atoms with van der Waals surface area (Å²) in [5.74, 6) is 0.678. The van der Waals surface area contributed by atoms with E-state index in [2.05, 4.69) is 4.90 Å². The number of para-hydroxylation sites is 1. The Labute approximate surface area is 171 Å². The van der Waals surface area contributed by atoms with Gasteiger partial charge < -0.3 is 19.3 Å². The number of carbonyl (C=O) groups is 1. The number of piperazine rings is 1. The van der Waals surface area contributed by atoms with Gasteiger partial charge in [0.15, 0.2) is 0 Å². The van der Waals surface area contributed by atoms with E-state index in [4.69, 9.17) is 9.47 Å². The van der Waals surface area contributed by atoms with Crippen LogP contribution in [0.5, 0.6) is 5.75 Å². The molecular weight excluding hydrogens is 371 g/mol. The predicted molar refractivity (Wildman–Crippen MR) is 110 cm³/mol. The molecule has 2 aromatic rings.